The van der Waals surface area contributed by atoms with E-state index in [9.17, 15) is 14.9 Å². The van der Waals surface area contributed by atoms with Crippen LogP contribution in [0.5, 0.6) is 0 Å². The summed E-state index contributed by atoms with van der Waals surface area (Å²) in [6, 6.07) is 0. The average Bonchev–Trinajstić information content (AvgIpc) is 2.70. The molecule has 0 spiro atoms. The van der Waals surface area contributed by atoms with Crippen molar-refractivity contribution >= 4 is 5.97 Å². The molecule has 1 rings (SSSR count). The Labute approximate surface area is 66.5 Å². The first-order chi connectivity index (χ1) is 5.59. The van der Waals surface area contributed by atoms with Crippen LogP contribution < -0.4 is 0 Å². The van der Waals surface area contributed by atoms with Crippen molar-refractivity contribution in [2.24, 2.45) is 0 Å². The molecular formula is C5H5NO6. The van der Waals surface area contributed by atoms with E-state index in [1.165, 1.54) is 0 Å². The van der Waals surface area contributed by atoms with Crippen molar-refractivity contribution in [3.05, 3.63) is 22.3 Å². The van der Waals surface area contributed by atoms with Crippen LogP contribution in [0.4, 0.5) is 0 Å². The van der Waals surface area contributed by atoms with Crippen molar-refractivity contribution in [1.82, 2.24) is 0 Å². The maximum Gasteiger partial charge on any atom is 0.330 e. The van der Waals surface area contributed by atoms with Gasteiger partial charge in [-0.2, -0.15) is 9.78 Å². The molecule has 1 aliphatic rings. The largest absolute Gasteiger partial charge is 0.330 e. The molecule has 0 aliphatic carbocycles. The van der Waals surface area contributed by atoms with E-state index in [0.29, 0.717) is 0 Å². The summed E-state index contributed by atoms with van der Waals surface area (Å²) in [5.74, 6) is -1.08. The first-order valence-corrected chi connectivity index (χ1v) is 2.96. The molecule has 66 valence electrons. The van der Waals surface area contributed by atoms with Gasteiger partial charge in [-0.05, 0) is 0 Å². The summed E-state index contributed by atoms with van der Waals surface area (Å²) in [6.07, 6.45) is -0.441. The Morgan fingerprint density at radius 1 is 1.67 bits per heavy atom. The van der Waals surface area contributed by atoms with Crippen molar-refractivity contribution in [2.45, 2.75) is 12.7 Å². The van der Waals surface area contributed by atoms with Crippen LogP contribution in [0, 0.1) is 10.1 Å². The third-order valence-electron chi connectivity index (χ3n) is 1.09. The van der Waals surface area contributed by atoms with Crippen molar-refractivity contribution < 1.29 is 24.5 Å². The van der Waals surface area contributed by atoms with Crippen molar-refractivity contribution in [1.29, 1.82) is 0 Å². The van der Waals surface area contributed by atoms with E-state index in [1.54, 1.807) is 0 Å². The number of hydrogen-bond acceptors (Lipinski definition) is 6. The molecule has 1 saturated heterocycles. The molecule has 0 unspecified atom stereocenters. The van der Waals surface area contributed by atoms with Gasteiger partial charge in [0.2, 0.25) is 6.29 Å². The van der Waals surface area contributed by atoms with Crippen LogP contribution in [0.1, 0.15) is 6.42 Å². The van der Waals surface area contributed by atoms with E-state index in [2.05, 4.69) is 21.2 Å². The molecule has 0 amide bonds. The van der Waals surface area contributed by atoms with Crippen LogP contribution in [0.25, 0.3) is 0 Å². The fourth-order valence-electron chi connectivity index (χ4n) is 0.524. The number of hydrogen-bond donors (Lipinski definition) is 0. The van der Waals surface area contributed by atoms with Crippen LogP contribution >= 0.6 is 0 Å². The van der Waals surface area contributed by atoms with Gasteiger partial charge < -0.3 is 0 Å². The summed E-state index contributed by atoms with van der Waals surface area (Å²) in [6.45, 7) is 3.25. The zero-order chi connectivity index (χ0) is 9.14. The van der Waals surface area contributed by atoms with Crippen LogP contribution in [0.2, 0.25) is 0 Å². The molecule has 1 aliphatic heterocycles. The predicted molar refractivity (Wildman–Crippen MR) is 32.8 cm³/mol. The fraction of sp³-hybridized carbons (Fsp3) is 0.400. The molecule has 0 aromatic heterocycles. The standard InChI is InChI=1S/C5H5NO6/c1-3(2-4-11-12-4)5(7)10-6(8)9/h4H,1-2H2. The second-order valence-corrected chi connectivity index (χ2v) is 2.03. The summed E-state index contributed by atoms with van der Waals surface area (Å²) in [4.78, 5) is 32.5. The van der Waals surface area contributed by atoms with E-state index < -0.39 is 17.3 Å². The lowest BCUT2D eigenvalue weighted by molar-refractivity contribution is -0.728. The SMILES string of the molecule is C=C(CC1OO1)C(=O)O[N+](=O)[O-]. The maximum absolute atomic E-state index is 10.6. The fourth-order valence-corrected chi connectivity index (χ4v) is 0.524. The molecule has 0 atom stereocenters. The zero-order valence-electron chi connectivity index (χ0n) is 5.89. The summed E-state index contributed by atoms with van der Waals surface area (Å²) < 4.78 is 0. The highest BCUT2D eigenvalue weighted by atomic mass is 17.4. The second kappa shape index (κ2) is 3.28. The second-order valence-electron chi connectivity index (χ2n) is 2.03. The van der Waals surface area contributed by atoms with Gasteiger partial charge in [0.05, 0.1) is 0 Å². The monoisotopic (exact) mass is 175 g/mol. The van der Waals surface area contributed by atoms with Gasteiger partial charge in [-0.1, -0.05) is 6.58 Å². The lowest BCUT2D eigenvalue weighted by atomic mass is 10.2. The van der Waals surface area contributed by atoms with Crippen molar-refractivity contribution in [3.63, 3.8) is 0 Å². The van der Waals surface area contributed by atoms with Gasteiger partial charge in [0, 0.05) is 12.0 Å². The van der Waals surface area contributed by atoms with Crippen LogP contribution in [-0.4, -0.2) is 17.3 Å². The van der Waals surface area contributed by atoms with Gasteiger partial charge in [0.15, 0.2) is 0 Å². The van der Waals surface area contributed by atoms with Gasteiger partial charge in [-0.25, -0.2) is 4.84 Å². The Kier molecular flexibility index (Phi) is 2.36. The van der Waals surface area contributed by atoms with Gasteiger partial charge in [0.1, 0.15) is 0 Å². The molecule has 0 saturated carbocycles. The molecule has 12 heavy (non-hydrogen) atoms. The molecule has 0 bridgehead atoms. The highest BCUT2D eigenvalue weighted by Crippen LogP contribution is 2.20. The Balaban J connectivity index is 2.29. The van der Waals surface area contributed by atoms with Gasteiger partial charge >= 0.3 is 11.1 Å². The predicted octanol–water partition coefficient (Wildman–Crippen LogP) is -0.0445. The molecule has 0 radical (unpaired) electrons. The van der Waals surface area contributed by atoms with E-state index >= 15 is 0 Å². The highest BCUT2D eigenvalue weighted by Gasteiger charge is 2.29. The summed E-state index contributed by atoms with van der Waals surface area (Å²) in [5.41, 5.74) is -0.0609. The highest BCUT2D eigenvalue weighted by molar-refractivity contribution is 5.87. The minimum atomic E-state index is -1.19. The molecule has 0 aromatic carbocycles. The Morgan fingerprint density at radius 2 is 2.25 bits per heavy atom. The number of rotatable bonds is 4. The Bertz CT molecular complexity index is 232. The summed E-state index contributed by atoms with van der Waals surface area (Å²) in [7, 11) is 0. The number of carbonyl (C=O) groups is 1. The molecule has 7 heteroatoms. The molecule has 0 N–H and O–H groups in total. The quantitative estimate of drug-likeness (QED) is 0.195. The Hall–Kier alpha value is -1.47. The van der Waals surface area contributed by atoms with Gasteiger partial charge in [0.25, 0.3) is 0 Å². The van der Waals surface area contributed by atoms with E-state index in [4.69, 9.17) is 0 Å². The average molecular weight is 175 g/mol. The van der Waals surface area contributed by atoms with Crippen LogP contribution in [0.15, 0.2) is 12.2 Å². The third kappa shape index (κ3) is 2.64. The number of nitrogens with zero attached hydrogens (tertiary/aromatic N) is 1. The topological polar surface area (TPSA) is 94.5 Å². The lowest BCUT2D eigenvalue weighted by Crippen LogP contribution is -2.13. The normalized spacial score (nSPS) is 15.3. The lowest BCUT2D eigenvalue weighted by Gasteiger charge is -1.96. The van der Waals surface area contributed by atoms with Crippen molar-refractivity contribution in [3.8, 4) is 0 Å². The summed E-state index contributed by atoms with van der Waals surface area (Å²) >= 11 is 0. The molecule has 7 nitrogen and oxygen atoms in total. The molecule has 0 aromatic rings. The third-order valence-corrected chi connectivity index (χ3v) is 1.09. The Morgan fingerprint density at radius 3 is 2.67 bits per heavy atom. The zero-order valence-corrected chi connectivity index (χ0v) is 5.89. The molecule has 1 fully saturated rings. The minimum Gasteiger partial charge on any atom is -0.263 e. The summed E-state index contributed by atoms with van der Waals surface area (Å²) in [5, 5.41) is 8.48. The van der Waals surface area contributed by atoms with Crippen LogP contribution in [-0.2, 0) is 19.4 Å². The molecule has 1 heterocycles. The number of carbonyl (C=O) groups excluding carboxylic acids is 1. The van der Waals surface area contributed by atoms with E-state index in [0.717, 1.165) is 0 Å². The van der Waals surface area contributed by atoms with E-state index in [1.807, 2.05) is 0 Å². The van der Waals surface area contributed by atoms with Crippen molar-refractivity contribution in [2.75, 3.05) is 0 Å². The molecular weight excluding hydrogens is 170 g/mol. The first kappa shape index (κ1) is 8.62. The van der Waals surface area contributed by atoms with Crippen LogP contribution in [0.3, 0.4) is 0 Å². The van der Waals surface area contributed by atoms with E-state index in [-0.39, 0.29) is 12.0 Å². The minimum absolute atomic E-state index is 0.0609. The maximum atomic E-state index is 10.6. The van der Waals surface area contributed by atoms with Gasteiger partial charge in [-0.15, -0.1) is 10.1 Å². The van der Waals surface area contributed by atoms with Gasteiger partial charge in [-0.3, -0.25) is 4.79 Å². The smallest absolute Gasteiger partial charge is 0.263 e. The first-order valence-electron chi connectivity index (χ1n) is 2.96.